The van der Waals surface area contributed by atoms with Crippen LogP contribution in [0, 0.1) is 5.82 Å². The minimum atomic E-state index is -0.278. The maximum Gasteiger partial charge on any atom is 0.140 e. The van der Waals surface area contributed by atoms with Gasteiger partial charge in [-0.3, -0.25) is 4.90 Å². The topological polar surface area (TPSA) is 21.1 Å². The van der Waals surface area contributed by atoms with Gasteiger partial charge in [0.1, 0.15) is 11.5 Å². The molecule has 3 nitrogen and oxygen atoms in total. The van der Waals surface area contributed by atoms with Crippen LogP contribution in [0.1, 0.15) is 50.9 Å². The molecule has 0 radical (unpaired) electrons. The summed E-state index contributed by atoms with van der Waals surface area (Å²) in [5, 5.41) is 1.55. The predicted octanol–water partition coefficient (Wildman–Crippen LogP) is 5.86. The highest BCUT2D eigenvalue weighted by Crippen LogP contribution is 2.30. The monoisotopic (exact) mass is 399 g/mol. The third-order valence-corrected chi connectivity index (χ3v) is 6.05. The van der Waals surface area contributed by atoms with Gasteiger partial charge in [-0.15, -0.1) is 0 Å². The van der Waals surface area contributed by atoms with Gasteiger partial charge in [0.15, 0.2) is 0 Å². The molecule has 3 heterocycles. The first kappa shape index (κ1) is 19.4. The number of rotatable bonds is 3. The number of nitrogens with zero attached hydrogens (tertiary/aromatic N) is 3. The summed E-state index contributed by atoms with van der Waals surface area (Å²) >= 11 is 5.87. The Morgan fingerprint density at radius 3 is 2.54 bits per heavy atom. The maximum atomic E-state index is 14.2. The summed E-state index contributed by atoms with van der Waals surface area (Å²) in [7, 11) is 0. The van der Waals surface area contributed by atoms with E-state index in [1.54, 1.807) is 12.1 Å². The van der Waals surface area contributed by atoms with Gasteiger partial charge in [-0.1, -0.05) is 17.7 Å². The Morgan fingerprint density at radius 2 is 1.86 bits per heavy atom. The molecule has 3 aromatic rings. The Labute approximate surface area is 171 Å². The molecule has 0 unspecified atom stereocenters. The number of halogens is 2. The first-order chi connectivity index (χ1) is 13.3. The van der Waals surface area contributed by atoms with Crippen LogP contribution in [-0.2, 0) is 6.42 Å². The van der Waals surface area contributed by atoms with Gasteiger partial charge in [0.2, 0.25) is 0 Å². The van der Waals surface area contributed by atoms with E-state index in [9.17, 15) is 4.39 Å². The lowest BCUT2D eigenvalue weighted by molar-refractivity contribution is 0.0906. The Bertz CT molecular complexity index is 981. The molecule has 0 atom stereocenters. The second-order valence-corrected chi connectivity index (χ2v) is 9.18. The lowest BCUT2D eigenvalue weighted by Gasteiger charge is -2.41. The van der Waals surface area contributed by atoms with Crippen LogP contribution in [-0.4, -0.2) is 33.1 Å². The zero-order chi connectivity index (χ0) is 19.9. The molecule has 1 aliphatic heterocycles. The van der Waals surface area contributed by atoms with Crippen molar-refractivity contribution in [1.82, 2.24) is 14.5 Å². The Morgan fingerprint density at radius 1 is 1.11 bits per heavy atom. The number of pyridine rings is 1. The van der Waals surface area contributed by atoms with Crippen LogP contribution in [0.4, 0.5) is 4.39 Å². The van der Waals surface area contributed by atoms with E-state index in [2.05, 4.69) is 48.6 Å². The van der Waals surface area contributed by atoms with E-state index in [0.717, 1.165) is 42.7 Å². The molecule has 0 aliphatic carbocycles. The lowest BCUT2D eigenvalue weighted by Crippen LogP contribution is -2.46. The van der Waals surface area contributed by atoms with Crippen molar-refractivity contribution >= 4 is 22.6 Å². The van der Waals surface area contributed by atoms with Gasteiger partial charge < -0.3 is 4.57 Å². The number of fused-ring (bicyclic) bond motifs is 1. The summed E-state index contributed by atoms with van der Waals surface area (Å²) in [6, 6.07) is 11.5. The molecular formula is C23H27ClFN3. The fourth-order valence-corrected chi connectivity index (χ4v) is 4.29. The van der Waals surface area contributed by atoms with Crippen LogP contribution in [0.3, 0.4) is 0 Å². The second-order valence-electron chi connectivity index (χ2n) is 8.74. The molecule has 2 aromatic heterocycles. The van der Waals surface area contributed by atoms with Crippen LogP contribution < -0.4 is 0 Å². The van der Waals surface area contributed by atoms with Gasteiger partial charge in [0.05, 0.1) is 0 Å². The van der Waals surface area contributed by atoms with Crippen LogP contribution in [0.15, 0.2) is 42.6 Å². The summed E-state index contributed by atoms with van der Waals surface area (Å²) in [5.74, 6) is -0.278. The molecule has 5 heteroatoms. The van der Waals surface area contributed by atoms with Crippen molar-refractivity contribution in [2.45, 2.75) is 51.6 Å². The average molecular weight is 400 g/mol. The first-order valence-corrected chi connectivity index (χ1v) is 10.3. The average Bonchev–Trinajstić information content (AvgIpc) is 3.07. The van der Waals surface area contributed by atoms with Crippen LogP contribution in [0.25, 0.3) is 11.0 Å². The van der Waals surface area contributed by atoms with E-state index in [-0.39, 0.29) is 11.4 Å². The quantitative estimate of drug-likeness (QED) is 0.550. The molecule has 0 bridgehead atoms. The summed E-state index contributed by atoms with van der Waals surface area (Å²) in [5.41, 5.74) is 2.72. The molecule has 148 valence electrons. The minimum Gasteiger partial charge on any atom is -0.329 e. The van der Waals surface area contributed by atoms with Gasteiger partial charge in [-0.05, 0) is 69.5 Å². The Balaban J connectivity index is 1.57. The number of aromatic nitrogens is 2. The molecule has 1 aliphatic rings. The molecule has 0 saturated carbocycles. The van der Waals surface area contributed by atoms with E-state index in [1.807, 2.05) is 6.07 Å². The number of likely N-dealkylation sites (tertiary alicyclic amines) is 1. The Hall–Kier alpha value is -1.91. The van der Waals surface area contributed by atoms with Crippen LogP contribution in [0.5, 0.6) is 0 Å². The Kier molecular flexibility index (Phi) is 5.19. The number of benzene rings is 1. The summed E-state index contributed by atoms with van der Waals surface area (Å²) in [4.78, 5) is 7.44. The fraction of sp³-hybridized carbons (Fsp3) is 0.435. The normalized spacial score (nSPS) is 16.8. The van der Waals surface area contributed by atoms with E-state index in [1.165, 1.54) is 6.07 Å². The third kappa shape index (κ3) is 3.94. The van der Waals surface area contributed by atoms with Crippen molar-refractivity contribution in [1.29, 1.82) is 0 Å². The molecule has 1 fully saturated rings. The van der Waals surface area contributed by atoms with Crippen molar-refractivity contribution in [3.05, 3.63) is 64.7 Å². The molecule has 4 rings (SSSR count). The summed E-state index contributed by atoms with van der Waals surface area (Å²) in [6.07, 6.45) is 4.87. The van der Waals surface area contributed by atoms with E-state index in [4.69, 9.17) is 16.6 Å². The standard InChI is InChI=1S/C23H27ClFN3/c1-23(2,3)27-11-9-20(10-12-27)28-13-8-16-5-7-19(26-22(16)28)14-17-4-6-18(24)15-21(17)25/h4-8,13,15,20H,9-12,14H2,1-3H3. The van der Waals surface area contributed by atoms with Crippen molar-refractivity contribution in [3.8, 4) is 0 Å². The third-order valence-electron chi connectivity index (χ3n) is 5.82. The minimum absolute atomic E-state index is 0.220. The van der Waals surface area contributed by atoms with Gasteiger partial charge in [0, 0.05) is 53.4 Å². The van der Waals surface area contributed by atoms with Crippen LogP contribution in [0.2, 0.25) is 5.02 Å². The molecule has 1 aromatic carbocycles. The zero-order valence-electron chi connectivity index (χ0n) is 16.8. The molecule has 0 amide bonds. The van der Waals surface area contributed by atoms with E-state index < -0.39 is 0 Å². The van der Waals surface area contributed by atoms with E-state index in [0.29, 0.717) is 23.0 Å². The van der Waals surface area contributed by atoms with Gasteiger partial charge in [-0.2, -0.15) is 0 Å². The smallest absolute Gasteiger partial charge is 0.140 e. The number of piperidine rings is 1. The lowest BCUT2D eigenvalue weighted by atomic mass is 9.98. The highest BCUT2D eigenvalue weighted by Gasteiger charge is 2.28. The second kappa shape index (κ2) is 7.49. The van der Waals surface area contributed by atoms with Crippen molar-refractivity contribution < 1.29 is 4.39 Å². The largest absolute Gasteiger partial charge is 0.329 e. The summed E-state index contributed by atoms with van der Waals surface area (Å²) in [6.45, 7) is 9.04. The SMILES string of the molecule is CC(C)(C)N1CCC(n2ccc3ccc(Cc4ccc(Cl)cc4F)nc32)CC1. The predicted molar refractivity (Wildman–Crippen MR) is 114 cm³/mol. The van der Waals surface area contributed by atoms with Crippen molar-refractivity contribution in [2.75, 3.05) is 13.1 Å². The molecule has 1 saturated heterocycles. The van der Waals surface area contributed by atoms with Gasteiger partial charge in [0.25, 0.3) is 0 Å². The maximum absolute atomic E-state index is 14.2. The molecular weight excluding hydrogens is 373 g/mol. The first-order valence-electron chi connectivity index (χ1n) is 9.97. The molecule has 0 spiro atoms. The van der Waals surface area contributed by atoms with Gasteiger partial charge in [-0.25, -0.2) is 9.37 Å². The van der Waals surface area contributed by atoms with Crippen molar-refractivity contribution in [2.24, 2.45) is 0 Å². The summed E-state index contributed by atoms with van der Waals surface area (Å²) < 4.78 is 16.5. The van der Waals surface area contributed by atoms with Gasteiger partial charge >= 0.3 is 0 Å². The molecule has 0 N–H and O–H groups in total. The fourth-order valence-electron chi connectivity index (χ4n) is 4.13. The van der Waals surface area contributed by atoms with Crippen molar-refractivity contribution in [3.63, 3.8) is 0 Å². The van der Waals surface area contributed by atoms with Crippen LogP contribution >= 0.6 is 11.6 Å². The number of hydrogen-bond donors (Lipinski definition) is 0. The highest BCUT2D eigenvalue weighted by atomic mass is 35.5. The van der Waals surface area contributed by atoms with E-state index >= 15 is 0 Å². The highest BCUT2D eigenvalue weighted by molar-refractivity contribution is 6.30. The molecule has 28 heavy (non-hydrogen) atoms. The zero-order valence-corrected chi connectivity index (χ0v) is 17.5. The number of hydrogen-bond acceptors (Lipinski definition) is 2.